The van der Waals surface area contributed by atoms with Gasteiger partial charge in [0.15, 0.2) is 16.8 Å². The largest absolute Gasteiger partial charge is 0.410 e. The van der Waals surface area contributed by atoms with Crippen molar-refractivity contribution in [2.45, 2.75) is 24.8 Å². The normalized spacial score (nSPS) is 22.0. The Bertz CT molecular complexity index is 957. The molecule has 28 heavy (non-hydrogen) atoms. The fourth-order valence-corrected chi connectivity index (χ4v) is 3.95. The zero-order valence-corrected chi connectivity index (χ0v) is 15.6. The first-order valence-corrected chi connectivity index (χ1v) is 9.34. The molecule has 11 heteroatoms. The van der Waals surface area contributed by atoms with Gasteiger partial charge in [0.25, 0.3) is 5.91 Å². The van der Waals surface area contributed by atoms with Crippen LogP contribution >= 0.6 is 0 Å². The predicted molar refractivity (Wildman–Crippen MR) is 101 cm³/mol. The van der Waals surface area contributed by atoms with Crippen molar-refractivity contribution in [3.8, 4) is 5.75 Å². The lowest BCUT2D eigenvalue weighted by atomic mass is 10.1. The van der Waals surface area contributed by atoms with E-state index < -0.39 is 40.4 Å². The first kappa shape index (κ1) is 19.6. The Hall–Kier alpha value is -3.18. The van der Waals surface area contributed by atoms with Gasteiger partial charge in [0.1, 0.15) is 5.37 Å². The average Bonchev–Trinajstić information content (AvgIpc) is 2.98. The molecule has 6 N–H and O–H groups in total. The fourth-order valence-electron chi connectivity index (χ4n) is 3.23. The molecule has 0 saturated heterocycles. The summed E-state index contributed by atoms with van der Waals surface area (Å²) in [6.07, 6.45) is 3.25. The summed E-state index contributed by atoms with van der Waals surface area (Å²) >= 11 is -2.38. The molecule has 0 fully saturated rings. The van der Waals surface area contributed by atoms with Gasteiger partial charge in [-0.05, 0) is 30.5 Å². The number of anilines is 1. The number of rotatable bonds is 4. The van der Waals surface area contributed by atoms with Gasteiger partial charge >= 0.3 is 6.09 Å². The number of ether oxygens (including phenoxy) is 1. The summed E-state index contributed by atoms with van der Waals surface area (Å²) in [4.78, 5) is 36.6. The summed E-state index contributed by atoms with van der Waals surface area (Å²) in [7, 11) is 0. The van der Waals surface area contributed by atoms with Crippen molar-refractivity contribution in [3.05, 3.63) is 47.2 Å². The Labute approximate surface area is 162 Å². The highest BCUT2D eigenvalue weighted by Gasteiger charge is 2.42. The molecule has 3 unspecified atom stereocenters. The maximum absolute atomic E-state index is 13.1. The number of hydrogen-bond acceptors (Lipinski definition) is 6. The van der Waals surface area contributed by atoms with Gasteiger partial charge in [-0.25, -0.2) is 9.00 Å². The standard InChI is InChI=1S/C17H18N4O6S/c1-8-2-4-10-13(14(8)27-17(19)24)20-15(28(25)26)11-6-9(3-5-12(18)22)7-21(11)16(10)23/h2-5,7,11,15,20H,6H2,1H3,(H2,18,22)(H2,19,24)(H,25,26). The lowest BCUT2D eigenvalue weighted by Gasteiger charge is -2.26. The summed E-state index contributed by atoms with van der Waals surface area (Å²) in [6.45, 7) is 1.65. The fraction of sp³-hybridized carbons (Fsp3) is 0.235. The van der Waals surface area contributed by atoms with Gasteiger partial charge in [-0.1, -0.05) is 12.1 Å². The highest BCUT2D eigenvalue weighted by Crippen LogP contribution is 2.40. The molecule has 3 amide bonds. The van der Waals surface area contributed by atoms with E-state index in [-0.39, 0.29) is 23.4 Å². The van der Waals surface area contributed by atoms with Crippen molar-refractivity contribution in [2.24, 2.45) is 11.5 Å². The van der Waals surface area contributed by atoms with Crippen LogP contribution in [0.25, 0.3) is 0 Å². The second-order valence-corrected chi connectivity index (χ2v) is 7.38. The smallest absolute Gasteiger partial charge is 0.408 e. The molecule has 1 aromatic carbocycles. The minimum atomic E-state index is -2.38. The Morgan fingerprint density at radius 3 is 2.71 bits per heavy atom. The van der Waals surface area contributed by atoms with Crippen molar-refractivity contribution in [1.82, 2.24) is 4.90 Å². The zero-order chi connectivity index (χ0) is 20.6. The van der Waals surface area contributed by atoms with E-state index in [2.05, 4.69) is 5.32 Å². The van der Waals surface area contributed by atoms with E-state index in [1.807, 2.05) is 0 Å². The summed E-state index contributed by atoms with van der Waals surface area (Å²) in [5.74, 6) is -1.09. The number of allylic oxidation sites excluding steroid dienone is 1. The molecule has 0 radical (unpaired) electrons. The summed E-state index contributed by atoms with van der Waals surface area (Å²) in [6, 6.07) is 2.40. The number of nitrogens with two attached hydrogens (primary N) is 2. The quantitative estimate of drug-likeness (QED) is 0.419. The predicted octanol–water partition coefficient (Wildman–Crippen LogP) is 0.566. The number of benzene rings is 1. The third-order valence-corrected chi connectivity index (χ3v) is 5.31. The third kappa shape index (κ3) is 3.62. The first-order chi connectivity index (χ1) is 13.2. The Morgan fingerprint density at radius 2 is 2.11 bits per heavy atom. The van der Waals surface area contributed by atoms with Crippen LogP contribution in [0.4, 0.5) is 10.5 Å². The first-order valence-electron chi connectivity index (χ1n) is 8.17. The van der Waals surface area contributed by atoms with E-state index in [1.54, 1.807) is 13.0 Å². The number of nitrogens with zero attached hydrogens (tertiary/aromatic N) is 1. The molecule has 0 spiro atoms. The molecular formula is C17H18N4O6S. The van der Waals surface area contributed by atoms with Gasteiger partial charge < -0.3 is 31.0 Å². The van der Waals surface area contributed by atoms with Crippen LogP contribution in [0.1, 0.15) is 22.3 Å². The maximum atomic E-state index is 13.1. The number of amides is 3. The van der Waals surface area contributed by atoms with Gasteiger partial charge in [-0.2, -0.15) is 0 Å². The van der Waals surface area contributed by atoms with Crippen LogP contribution in [0.2, 0.25) is 0 Å². The summed E-state index contributed by atoms with van der Waals surface area (Å²) in [5, 5.41) is 1.78. The van der Waals surface area contributed by atoms with Crippen molar-refractivity contribution < 1.29 is 27.9 Å². The van der Waals surface area contributed by atoms with Crippen molar-refractivity contribution in [3.63, 3.8) is 0 Å². The summed E-state index contributed by atoms with van der Waals surface area (Å²) in [5.41, 5.74) is 11.6. The lowest BCUT2D eigenvalue weighted by Crippen LogP contribution is -2.44. The number of hydrogen-bond donors (Lipinski definition) is 4. The molecule has 3 atom stereocenters. The van der Waals surface area contributed by atoms with Crippen molar-refractivity contribution in [2.75, 3.05) is 5.32 Å². The van der Waals surface area contributed by atoms with Crippen molar-refractivity contribution >= 4 is 34.7 Å². The van der Waals surface area contributed by atoms with E-state index in [0.29, 0.717) is 11.1 Å². The van der Waals surface area contributed by atoms with Gasteiger partial charge in [-0.3, -0.25) is 9.59 Å². The van der Waals surface area contributed by atoms with Crippen LogP contribution in [0, 0.1) is 6.92 Å². The van der Waals surface area contributed by atoms with Crippen LogP contribution in [0.5, 0.6) is 5.75 Å². The van der Waals surface area contributed by atoms with Gasteiger partial charge in [-0.15, -0.1) is 0 Å². The minimum absolute atomic E-state index is 0.0211. The van der Waals surface area contributed by atoms with Crippen LogP contribution in [0.15, 0.2) is 36.1 Å². The molecule has 2 aliphatic rings. The minimum Gasteiger partial charge on any atom is -0.408 e. The molecule has 0 bridgehead atoms. The highest BCUT2D eigenvalue weighted by molar-refractivity contribution is 7.80. The van der Waals surface area contributed by atoms with Crippen molar-refractivity contribution in [1.29, 1.82) is 0 Å². The topological polar surface area (TPSA) is 165 Å². The average molecular weight is 406 g/mol. The molecule has 1 aromatic rings. The molecular weight excluding hydrogens is 388 g/mol. The van der Waals surface area contributed by atoms with E-state index in [0.717, 1.165) is 6.08 Å². The third-order valence-electron chi connectivity index (χ3n) is 4.44. The van der Waals surface area contributed by atoms with E-state index >= 15 is 0 Å². The molecule has 0 aliphatic carbocycles. The van der Waals surface area contributed by atoms with Crippen LogP contribution in [0.3, 0.4) is 0 Å². The Kier molecular flexibility index (Phi) is 5.21. The molecule has 2 heterocycles. The Balaban J connectivity index is 2.11. The highest BCUT2D eigenvalue weighted by atomic mass is 32.2. The second kappa shape index (κ2) is 7.44. The zero-order valence-electron chi connectivity index (χ0n) is 14.7. The lowest BCUT2D eigenvalue weighted by molar-refractivity contribution is -0.113. The SMILES string of the molecule is Cc1ccc2c(c1OC(N)=O)NC(S(=O)O)C1CC(C=CC(N)=O)=CN1C2=O. The van der Waals surface area contributed by atoms with E-state index in [4.69, 9.17) is 16.2 Å². The van der Waals surface area contributed by atoms with Crippen LogP contribution < -0.4 is 21.5 Å². The van der Waals surface area contributed by atoms with Gasteiger partial charge in [0, 0.05) is 12.3 Å². The number of primary amides is 2. The molecule has 148 valence electrons. The molecule has 0 saturated carbocycles. The number of fused-ring (bicyclic) bond motifs is 2. The van der Waals surface area contributed by atoms with Crippen LogP contribution in [-0.2, 0) is 15.9 Å². The van der Waals surface area contributed by atoms with Gasteiger partial charge in [0.05, 0.1) is 17.3 Å². The number of nitrogens with one attached hydrogen (secondary N) is 1. The van der Waals surface area contributed by atoms with Gasteiger partial charge in [0.2, 0.25) is 5.91 Å². The molecule has 0 aromatic heterocycles. The molecule has 2 aliphatic heterocycles. The molecule has 3 rings (SSSR count). The van der Waals surface area contributed by atoms with E-state index in [9.17, 15) is 23.1 Å². The summed E-state index contributed by atoms with van der Waals surface area (Å²) < 4.78 is 26.9. The molecule has 10 nitrogen and oxygen atoms in total. The second-order valence-electron chi connectivity index (χ2n) is 6.32. The maximum Gasteiger partial charge on any atom is 0.410 e. The monoisotopic (exact) mass is 406 g/mol. The van der Waals surface area contributed by atoms with E-state index in [1.165, 1.54) is 23.2 Å². The number of carbonyl (C=O) groups is 3. The number of carbonyl (C=O) groups excluding carboxylic acids is 3. The van der Waals surface area contributed by atoms with Crippen LogP contribution in [-0.4, -0.2) is 43.0 Å². The number of aryl methyl sites for hydroxylation is 1. The Morgan fingerprint density at radius 1 is 1.39 bits per heavy atom.